The fraction of sp³-hybridized carbons (Fsp3) is 0.438. The number of carbonyl (C=O) groups is 3. The number of anilines is 1. The van der Waals surface area contributed by atoms with Gasteiger partial charge in [0.1, 0.15) is 0 Å². The topological polar surface area (TPSA) is 98.7 Å². The number of carboxylic acid groups (broad SMARTS) is 1. The van der Waals surface area contributed by atoms with Crippen molar-refractivity contribution >= 4 is 36.0 Å². The molecule has 132 valence electrons. The smallest absolute Gasteiger partial charge is 0.325 e. The van der Waals surface area contributed by atoms with E-state index in [1.165, 1.54) is 0 Å². The summed E-state index contributed by atoms with van der Waals surface area (Å²) in [6.07, 6.45) is 0.525. The fourth-order valence-electron chi connectivity index (χ4n) is 2.65. The Kier molecular flexibility index (Phi) is 7.18. The zero-order valence-electron chi connectivity index (χ0n) is 13.7. The van der Waals surface area contributed by atoms with E-state index in [1.54, 1.807) is 11.0 Å². The quantitative estimate of drug-likeness (QED) is 0.764. The number of halogens is 1. The van der Waals surface area contributed by atoms with Crippen LogP contribution in [0, 0.1) is 19.8 Å². The molecule has 2 rings (SSSR count). The molecule has 8 heteroatoms. The molecule has 0 aliphatic carbocycles. The number of nitrogens with one attached hydrogen (secondary N) is 2. The Morgan fingerprint density at radius 3 is 2.58 bits per heavy atom. The van der Waals surface area contributed by atoms with E-state index >= 15 is 0 Å². The summed E-state index contributed by atoms with van der Waals surface area (Å²) >= 11 is 0. The third kappa shape index (κ3) is 5.50. The minimum absolute atomic E-state index is 0. The van der Waals surface area contributed by atoms with Gasteiger partial charge in [-0.15, -0.1) is 12.4 Å². The number of imide groups is 1. The van der Waals surface area contributed by atoms with Crippen molar-refractivity contribution in [2.24, 2.45) is 5.92 Å². The Morgan fingerprint density at radius 2 is 2.00 bits per heavy atom. The lowest BCUT2D eigenvalue weighted by molar-refractivity contribution is -0.141. The minimum Gasteiger partial charge on any atom is -0.481 e. The van der Waals surface area contributed by atoms with Crippen LogP contribution in [-0.2, 0) is 9.59 Å². The normalized spacial score (nSPS) is 17.0. The van der Waals surface area contributed by atoms with Crippen molar-refractivity contribution in [3.63, 3.8) is 0 Å². The highest BCUT2D eigenvalue weighted by Crippen LogP contribution is 2.16. The molecule has 0 saturated carbocycles. The second-order valence-corrected chi connectivity index (χ2v) is 5.88. The summed E-state index contributed by atoms with van der Waals surface area (Å²) in [4.78, 5) is 36.3. The molecular weight excluding hydrogens is 334 g/mol. The highest BCUT2D eigenvalue weighted by atomic mass is 35.5. The number of carbonyl (C=O) groups excluding carboxylic acids is 2. The van der Waals surface area contributed by atoms with Gasteiger partial charge in [0, 0.05) is 12.2 Å². The molecule has 7 nitrogen and oxygen atoms in total. The first-order valence-electron chi connectivity index (χ1n) is 7.48. The van der Waals surface area contributed by atoms with E-state index in [0.29, 0.717) is 25.2 Å². The van der Waals surface area contributed by atoms with E-state index in [0.717, 1.165) is 11.1 Å². The number of benzene rings is 1. The third-order valence-corrected chi connectivity index (χ3v) is 3.87. The predicted molar refractivity (Wildman–Crippen MR) is 92.5 cm³/mol. The van der Waals surface area contributed by atoms with Crippen LogP contribution in [0.3, 0.4) is 0 Å². The number of urea groups is 1. The molecule has 24 heavy (non-hydrogen) atoms. The molecule has 0 radical (unpaired) electrons. The number of rotatable bonds is 4. The van der Waals surface area contributed by atoms with Crippen LogP contribution in [0.4, 0.5) is 10.5 Å². The number of likely N-dealkylation sites (tertiary alicyclic amines) is 1. The zero-order valence-corrected chi connectivity index (χ0v) is 14.5. The Balaban J connectivity index is 0.00000288. The molecule has 3 amide bonds. The Bertz CT molecular complexity index is 636. The van der Waals surface area contributed by atoms with Gasteiger partial charge in [0.15, 0.2) is 0 Å². The number of aryl methyl sites for hydroxylation is 2. The monoisotopic (exact) mass is 355 g/mol. The molecular formula is C16H22ClN3O4. The van der Waals surface area contributed by atoms with Gasteiger partial charge in [0.2, 0.25) is 5.91 Å². The van der Waals surface area contributed by atoms with Gasteiger partial charge in [0.25, 0.3) is 0 Å². The Morgan fingerprint density at radius 1 is 1.29 bits per heavy atom. The molecule has 0 aromatic heterocycles. The summed E-state index contributed by atoms with van der Waals surface area (Å²) in [5.74, 6) is -1.73. The Hall–Kier alpha value is -2.12. The predicted octanol–water partition coefficient (Wildman–Crippen LogP) is 1.78. The van der Waals surface area contributed by atoms with Crippen LogP contribution in [0.15, 0.2) is 18.2 Å². The standard InChI is InChI=1S/C16H21N3O4.ClH/c1-10-3-4-13(11(2)7-10)17-16(23)18-14(20)9-19-6-5-12(8-19)15(21)22;/h3-4,7,12H,5-6,8-9H2,1-2H3,(H,21,22)(H2,17,18,20,23);1H. The highest BCUT2D eigenvalue weighted by molar-refractivity contribution is 6.02. The fourth-order valence-corrected chi connectivity index (χ4v) is 2.65. The summed E-state index contributed by atoms with van der Waals surface area (Å²) in [6.45, 7) is 4.73. The number of amides is 3. The molecule has 1 unspecified atom stereocenters. The molecule has 1 aromatic carbocycles. The van der Waals surface area contributed by atoms with Crippen LogP contribution in [-0.4, -0.2) is 47.5 Å². The summed E-state index contributed by atoms with van der Waals surface area (Å²) in [5.41, 5.74) is 2.65. The summed E-state index contributed by atoms with van der Waals surface area (Å²) in [7, 11) is 0. The van der Waals surface area contributed by atoms with Gasteiger partial charge in [-0.05, 0) is 38.4 Å². The van der Waals surface area contributed by atoms with E-state index in [-0.39, 0.29) is 19.0 Å². The maximum absolute atomic E-state index is 11.9. The van der Waals surface area contributed by atoms with Crippen molar-refractivity contribution in [3.8, 4) is 0 Å². The maximum atomic E-state index is 11.9. The van der Waals surface area contributed by atoms with E-state index < -0.39 is 23.8 Å². The molecule has 1 heterocycles. The van der Waals surface area contributed by atoms with Gasteiger partial charge in [0.05, 0.1) is 12.5 Å². The van der Waals surface area contributed by atoms with Gasteiger partial charge in [-0.3, -0.25) is 19.8 Å². The molecule has 0 bridgehead atoms. The number of hydrogen-bond acceptors (Lipinski definition) is 4. The highest BCUT2D eigenvalue weighted by Gasteiger charge is 2.29. The van der Waals surface area contributed by atoms with Gasteiger partial charge >= 0.3 is 12.0 Å². The maximum Gasteiger partial charge on any atom is 0.325 e. The van der Waals surface area contributed by atoms with Crippen molar-refractivity contribution in [2.45, 2.75) is 20.3 Å². The van der Waals surface area contributed by atoms with E-state index in [1.807, 2.05) is 26.0 Å². The number of hydrogen-bond donors (Lipinski definition) is 3. The summed E-state index contributed by atoms with van der Waals surface area (Å²) < 4.78 is 0. The average molecular weight is 356 g/mol. The molecule has 1 atom stereocenters. The van der Waals surface area contributed by atoms with Crippen molar-refractivity contribution in [1.82, 2.24) is 10.2 Å². The SMILES string of the molecule is Cc1ccc(NC(=O)NC(=O)CN2CCC(C(=O)O)C2)c(C)c1.Cl. The van der Waals surface area contributed by atoms with E-state index in [2.05, 4.69) is 10.6 Å². The van der Waals surface area contributed by atoms with Crippen molar-refractivity contribution in [3.05, 3.63) is 29.3 Å². The van der Waals surface area contributed by atoms with Crippen molar-refractivity contribution in [2.75, 3.05) is 25.0 Å². The van der Waals surface area contributed by atoms with Crippen LogP contribution < -0.4 is 10.6 Å². The lowest BCUT2D eigenvalue weighted by atomic mass is 10.1. The van der Waals surface area contributed by atoms with Crippen molar-refractivity contribution < 1.29 is 19.5 Å². The second kappa shape index (κ2) is 8.65. The van der Waals surface area contributed by atoms with Crippen molar-refractivity contribution in [1.29, 1.82) is 0 Å². The molecule has 1 fully saturated rings. The lowest BCUT2D eigenvalue weighted by Gasteiger charge is -2.15. The summed E-state index contributed by atoms with van der Waals surface area (Å²) in [5, 5.41) is 13.8. The van der Waals surface area contributed by atoms with Crippen LogP contribution in [0.25, 0.3) is 0 Å². The first-order valence-corrected chi connectivity index (χ1v) is 7.48. The molecule has 1 aromatic rings. The first-order chi connectivity index (χ1) is 10.8. The molecule has 1 saturated heterocycles. The minimum atomic E-state index is -0.847. The number of carboxylic acids is 1. The zero-order chi connectivity index (χ0) is 17.0. The van der Waals surface area contributed by atoms with E-state index in [4.69, 9.17) is 5.11 Å². The van der Waals surface area contributed by atoms with Crippen LogP contribution >= 0.6 is 12.4 Å². The number of nitrogens with zero attached hydrogens (tertiary/aromatic N) is 1. The average Bonchev–Trinajstić information content (AvgIpc) is 2.90. The molecule has 1 aliphatic heterocycles. The second-order valence-electron chi connectivity index (χ2n) is 5.88. The van der Waals surface area contributed by atoms with Crippen LogP contribution in [0.2, 0.25) is 0 Å². The largest absolute Gasteiger partial charge is 0.481 e. The van der Waals surface area contributed by atoms with Gasteiger partial charge in [-0.2, -0.15) is 0 Å². The summed E-state index contributed by atoms with van der Waals surface area (Å²) in [6, 6.07) is 5.01. The van der Waals surface area contributed by atoms with Gasteiger partial charge in [-0.25, -0.2) is 4.79 Å². The molecule has 3 N–H and O–H groups in total. The number of aliphatic carboxylic acids is 1. The first kappa shape index (κ1) is 19.9. The Labute approximate surface area is 146 Å². The molecule has 1 aliphatic rings. The third-order valence-electron chi connectivity index (χ3n) is 3.87. The lowest BCUT2D eigenvalue weighted by Crippen LogP contribution is -2.41. The van der Waals surface area contributed by atoms with Gasteiger partial charge in [-0.1, -0.05) is 17.7 Å². The van der Waals surface area contributed by atoms with Crippen LogP contribution in [0.5, 0.6) is 0 Å². The molecule has 0 spiro atoms. The van der Waals surface area contributed by atoms with Crippen LogP contribution in [0.1, 0.15) is 17.5 Å². The van der Waals surface area contributed by atoms with Gasteiger partial charge < -0.3 is 10.4 Å². The van der Waals surface area contributed by atoms with E-state index in [9.17, 15) is 14.4 Å².